The van der Waals surface area contributed by atoms with Crippen LogP contribution in [0.1, 0.15) is 11.1 Å². The van der Waals surface area contributed by atoms with E-state index in [1.165, 1.54) is 24.3 Å². The molecule has 28 heavy (non-hydrogen) atoms. The Kier molecular flexibility index (Phi) is 5.60. The number of hydrogen-bond acceptors (Lipinski definition) is 7. The first kappa shape index (κ1) is 19.4. The monoisotopic (exact) mass is 403 g/mol. The Morgan fingerprint density at radius 1 is 1.25 bits per heavy atom. The van der Waals surface area contributed by atoms with Crippen LogP contribution in [-0.4, -0.2) is 17.5 Å². The number of ether oxygens (including phenoxy) is 2. The van der Waals surface area contributed by atoms with E-state index in [-0.39, 0.29) is 18.0 Å². The van der Waals surface area contributed by atoms with E-state index in [2.05, 4.69) is 0 Å². The lowest BCUT2D eigenvalue weighted by atomic mass is 10.1. The summed E-state index contributed by atoms with van der Waals surface area (Å²) in [7, 11) is 0. The molecule has 0 aliphatic heterocycles. The van der Waals surface area contributed by atoms with E-state index in [4.69, 9.17) is 25.5 Å². The van der Waals surface area contributed by atoms with Gasteiger partial charge in [-0.25, -0.2) is 9.59 Å². The van der Waals surface area contributed by atoms with Crippen molar-refractivity contribution in [2.24, 2.45) is 0 Å². The van der Waals surface area contributed by atoms with Crippen LogP contribution in [-0.2, 0) is 16.1 Å². The summed E-state index contributed by atoms with van der Waals surface area (Å²) >= 11 is 6.12. The Morgan fingerprint density at radius 2 is 2.00 bits per heavy atom. The van der Waals surface area contributed by atoms with Gasteiger partial charge in [0.2, 0.25) is 0 Å². The van der Waals surface area contributed by atoms with Crippen molar-refractivity contribution in [2.45, 2.75) is 13.5 Å². The minimum absolute atomic E-state index is 0.0440. The number of benzene rings is 2. The molecule has 0 saturated heterocycles. The number of rotatable bonds is 6. The highest BCUT2D eigenvalue weighted by Crippen LogP contribution is 2.27. The first-order valence-corrected chi connectivity index (χ1v) is 8.47. The van der Waals surface area contributed by atoms with E-state index in [0.29, 0.717) is 21.6 Å². The highest BCUT2D eigenvalue weighted by Gasteiger charge is 2.16. The van der Waals surface area contributed by atoms with Gasteiger partial charge < -0.3 is 13.9 Å². The van der Waals surface area contributed by atoms with Gasteiger partial charge in [0.15, 0.2) is 12.4 Å². The normalized spacial score (nSPS) is 10.6. The maximum atomic E-state index is 12.0. The number of carbonyl (C=O) groups excluding carboxylic acids is 1. The third-order valence-corrected chi connectivity index (χ3v) is 4.31. The Hall–Kier alpha value is -3.39. The van der Waals surface area contributed by atoms with Crippen LogP contribution in [0.15, 0.2) is 51.7 Å². The van der Waals surface area contributed by atoms with Gasteiger partial charge in [0.05, 0.1) is 4.92 Å². The van der Waals surface area contributed by atoms with E-state index in [0.717, 1.165) is 5.56 Å². The number of nitro benzene ring substituents is 1. The number of halogens is 1. The number of para-hydroxylation sites is 2. The molecule has 9 heteroatoms. The smallest absolute Gasteiger partial charge is 0.344 e. The molecule has 144 valence electrons. The Morgan fingerprint density at radius 3 is 2.75 bits per heavy atom. The standard InChI is InChI=1S/C19H14ClNO7/c1-11-6-17-13(8-14(11)20)12(7-18(22)28-17)9-27-19(23)10-26-16-5-3-2-4-15(16)21(24)25/h2-8H,9-10H2,1H3. The molecule has 0 fully saturated rings. The summed E-state index contributed by atoms with van der Waals surface area (Å²) in [4.78, 5) is 34.0. The number of carbonyl (C=O) groups is 1. The van der Waals surface area contributed by atoms with E-state index < -0.39 is 23.1 Å². The van der Waals surface area contributed by atoms with Gasteiger partial charge in [0.1, 0.15) is 12.2 Å². The molecule has 0 atom stereocenters. The molecular weight excluding hydrogens is 390 g/mol. The van der Waals surface area contributed by atoms with Gasteiger partial charge in [-0.1, -0.05) is 23.7 Å². The number of aryl methyl sites for hydroxylation is 1. The highest BCUT2D eigenvalue weighted by molar-refractivity contribution is 6.32. The molecule has 0 spiro atoms. The van der Waals surface area contributed by atoms with E-state index in [9.17, 15) is 19.7 Å². The highest BCUT2D eigenvalue weighted by atomic mass is 35.5. The third kappa shape index (κ3) is 4.29. The quantitative estimate of drug-likeness (QED) is 0.266. The summed E-state index contributed by atoms with van der Waals surface area (Å²) in [6, 6.07) is 10.2. The summed E-state index contributed by atoms with van der Waals surface area (Å²) < 4.78 is 15.4. The Labute approximate surface area is 163 Å². The van der Waals surface area contributed by atoms with Crippen molar-refractivity contribution in [3.05, 3.63) is 79.1 Å². The van der Waals surface area contributed by atoms with Gasteiger partial charge in [-0.3, -0.25) is 10.1 Å². The molecule has 2 aromatic carbocycles. The maximum Gasteiger partial charge on any atom is 0.344 e. The zero-order chi connectivity index (χ0) is 20.3. The van der Waals surface area contributed by atoms with E-state index in [1.54, 1.807) is 25.1 Å². The molecule has 0 unspecified atom stereocenters. The molecule has 0 radical (unpaired) electrons. The molecule has 0 N–H and O–H groups in total. The molecule has 0 aliphatic carbocycles. The summed E-state index contributed by atoms with van der Waals surface area (Å²) in [5.41, 5.74) is 0.650. The number of nitro groups is 1. The average Bonchev–Trinajstić information content (AvgIpc) is 2.66. The number of hydrogen-bond donors (Lipinski definition) is 0. The predicted octanol–water partition coefficient (Wildman–Crippen LogP) is 3.79. The first-order valence-electron chi connectivity index (χ1n) is 8.10. The average molecular weight is 404 g/mol. The molecule has 0 saturated carbocycles. The second-order valence-electron chi connectivity index (χ2n) is 5.86. The van der Waals surface area contributed by atoms with E-state index in [1.807, 2.05) is 0 Å². The van der Waals surface area contributed by atoms with Gasteiger partial charge in [-0.2, -0.15) is 0 Å². The molecule has 0 amide bonds. The van der Waals surface area contributed by atoms with Gasteiger partial charge in [-0.15, -0.1) is 0 Å². The van der Waals surface area contributed by atoms with E-state index >= 15 is 0 Å². The second-order valence-corrected chi connectivity index (χ2v) is 6.27. The van der Waals surface area contributed by atoms with Crippen molar-refractivity contribution in [2.75, 3.05) is 6.61 Å². The lowest BCUT2D eigenvalue weighted by Crippen LogP contribution is -2.16. The molecule has 1 aromatic heterocycles. The fourth-order valence-electron chi connectivity index (χ4n) is 2.53. The van der Waals surface area contributed by atoms with Crippen molar-refractivity contribution in [3.8, 4) is 5.75 Å². The fourth-order valence-corrected chi connectivity index (χ4v) is 2.70. The van der Waals surface area contributed by atoms with Crippen molar-refractivity contribution in [1.29, 1.82) is 0 Å². The van der Waals surface area contributed by atoms with Gasteiger partial charge >= 0.3 is 17.3 Å². The minimum Gasteiger partial charge on any atom is -0.475 e. The van der Waals surface area contributed by atoms with Gasteiger partial charge in [0, 0.05) is 28.1 Å². The maximum absolute atomic E-state index is 12.0. The summed E-state index contributed by atoms with van der Waals surface area (Å²) in [6.45, 7) is 1.04. The molecule has 0 bridgehead atoms. The Balaban J connectivity index is 1.71. The van der Waals surface area contributed by atoms with Crippen molar-refractivity contribution < 1.29 is 23.6 Å². The molecule has 3 aromatic rings. The summed E-state index contributed by atoms with van der Waals surface area (Å²) in [5.74, 6) is -0.796. The summed E-state index contributed by atoms with van der Waals surface area (Å²) in [5, 5.41) is 12.0. The van der Waals surface area contributed by atoms with Gasteiger partial charge in [-0.05, 0) is 30.7 Å². The van der Waals surface area contributed by atoms with Crippen LogP contribution in [0.5, 0.6) is 5.75 Å². The first-order chi connectivity index (χ1) is 13.3. The lowest BCUT2D eigenvalue weighted by Gasteiger charge is -2.09. The van der Waals surface area contributed by atoms with Crippen molar-refractivity contribution in [3.63, 3.8) is 0 Å². The van der Waals surface area contributed by atoms with Crippen LogP contribution in [0.4, 0.5) is 5.69 Å². The fraction of sp³-hybridized carbons (Fsp3) is 0.158. The molecule has 1 heterocycles. The molecule has 8 nitrogen and oxygen atoms in total. The SMILES string of the molecule is Cc1cc2oc(=O)cc(COC(=O)COc3ccccc3[N+](=O)[O-])c2cc1Cl. The van der Waals surface area contributed by atoms with Crippen LogP contribution in [0.25, 0.3) is 11.0 Å². The van der Waals surface area contributed by atoms with Crippen LogP contribution in [0, 0.1) is 17.0 Å². The molecule has 3 rings (SSSR count). The molecule has 0 aliphatic rings. The zero-order valence-corrected chi connectivity index (χ0v) is 15.4. The molecular formula is C19H14ClNO7. The van der Waals surface area contributed by atoms with Crippen LogP contribution in [0.3, 0.4) is 0 Å². The van der Waals surface area contributed by atoms with Crippen molar-refractivity contribution in [1.82, 2.24) is 0 Å². The predicted molar refractivity (Wildman–Crippen MR) is 101 cm³/mol. The van der Waals surface area contributed by atoms with Crippen LogP contribution in [0.2, 0.25) is 5.02 Å². The Bertz CT molecular complexity index is 1120. The number of fused-ring (bicyclic) bond motifs is 1. The third-order valence-electron chi connectivity index (χ3n) is 3.91. The van der Waals surface area contributed by atoms with Crippen LogP contribution >= 0.6 is 11.6 Å². The minimum atomic E-state index is -0.752. The second kappa shape index (κ2) is 8.10. The topological polar surface area (TPSA) is 109 Å². The lowest BCUT2D eigenvalue weighted by molar-refractivity contribution is -0.385. The largest absolute Gasteiger partial charge is 0.475 e. The van der Waals surface area contributed by atoms with Crippen molar-refractivity contribution >= 4 is 34.2 Å². The zero-order valence-electron chi connectivity index (χ0n) is 14.6. The van der Waals surface area contributed by atoms with Gasteiger partial charge in [0.25, 0.3) is 0 Å². The number of esters is 1. The summed E-state index contributed by atoms with van der Waals surface area (Å²) in [6.07, 6.45) is 0. The number of nitrogens with zero attached hydrogens (tertiary/aromatic N) is 1. The van der Waals surface area contributed by atoms with Crippen LogP contribution < -0.4 is 10.4 Å².